The predicted molar refractivity (Wildman–Crippen MR) is 91.7 cm³/mol. The van der Waals surface area contributed by atoms with E-state index in [-0.39, 0.29) is 18.1 Å². The average molecular weight is 364 g/mol. The fourth-order valence-corrected chi connectivity index (χ4v) is 2.14. The summed E-state index contributed by atoms with van der Waals surface area (Å²) in [5, 5.41) is 10.2. The van der Waals surface area contributed by atoms with Gasteiger partial charge in [0.2, 0.25) is 0 Å². The molecule has 0 fully saturated rings. The fraction of sp³-hybridized carbons (Fsp3) is 0.800. The summed E-state index contributed by atoms with van der Waals surface area (Å²) in [6.45, 7) is 8.71. The molecule has 0 aromatic heterocycles. The minimum atomic E-state index is -1.14. The molecule has 140 valence electrons. The van der Waals surface area contributed by atoms with Gasteiger partial charge in [0.25, 0.3) is 0 Å². The number of hydrazine groups is 1. The fourth-order valence-electron chi connectivity index (χ4n) is 1.83. The van der Waals surface area contributed by atoms with Crippen molar-refractivity contribution < 1.29 is 29.0 Å². The number of methoxy groups -OCH3 is 1. The average Bonchev–Trinajstić information content (AvgIpc) is 2.42. The quantitative estimate of drug-likeness (QED) is 0.342. The number of carboxylic acid groups (broad SMARTS) is 1. The Morgan fingerprint density at radius 2 is 1.79 bits per heavy atom. The Morgan fingerprint density at radius 1 is 1.25 bits per heavy atom. The molecular weight excluding hydrogens is 336 g/mol. The highest BCUT2D eigenvalue weighted by molar-refractivity contribution is 7.80. The molecule has 0 rings (SSSR count). The zero-order valence-electron chi connectivity index (χ0n) is 15.0. The Hall–Kier alpha value is -1.48. The summed E-state index contributed by atoms with van der Waals surface area (Å²) in [5.74, 6) is -1.86. The van der Waals surface area contributed by atoms with Gasteiger partial charge in [-0.1, -0.05) is 13.8 Å². The van der Waals surface area contributed by atoms with Crippen LogP contribution in [0.25, 0.3) is 0 Å². The van der Waals surface area contributed by atoms with Gasteiger partial charge in [-0.2, -0.15) is 12.6 Å². The summed E-state index contributed by atoms with van der Waals surface area (Å²) in [4.78, 5) is 35.8. The molecule has 1 amide bonds. The first-order valence-corrected chi connectivity index (χ1v) is 8.26. The van der Waals surface area contributed by atoms with E-state index < -0.39 is 35.7 Å². The van der Waals surface area contributed by atoms with Crippen molar-refractivity contribution in [3.8, 4) is 0 Å². The number of carbonyl (C=O) groups is 3. The maximum Gasteiger partial charge on any atom is 0.425 e. The number of nitrogens with one attached hydrogen (secondary N) is 1. The number of esters is 1. The van der Waals surface area contributed by atoms with Gasteiger partial charge in [0, 0.05) is 5.75 Å². The van der Waals surface area contributed by atoms with Gasteiger partial charge < -0.3 is 14.6 Å². The maximum absolute atomic E-state index is 12.4. The van der Waals surface area contributed by atoms with E-state index in [1.807, 2.05) is 13.8 Å². The van der Waals surface area contributed by atoms with Crippen LogP contribution in [-0.4, -0.2) is 58.7 Å². The van der Waals surface area contributed by atoms with E-state index in [1.54, 1.807) is 20.8 Å². The first kappa shape index (κ1) is 22.5. The molecule has 8 nitrogen and oxygen atoms in total. The summed E-state index contributed by atoms with van der Waals surface area (Å²) >= 11 is 4.06. The highest BCUT2D eigenvalue weighted by Crippen LogP contribution is 2.14. The number of thiol groups is 1. The monoisotopic (exact) mass is 364 g/mol. The van der Waals surface area contributed by atoms with Crippen molar-refractivity contribution in [1.82, 2.24) is 10.4 Å². The van der Waals surface area contributed by atoms with Crippen LogP contribution in [0.5, 0.6) is 0 Å². The summed E-state index contributed by atoms with van der Waals surface area (Å²) in [6, 6.07) is -2.19. The van der Waals surface area contributed by atoms with Crippen LogP contribution in [0, 0.1) is 5.92 Å². The molecule has 0 radical (unpaired) electrons. The normalized spacial score (nSPS) is 14.0. The molecule has 0 aromatic carbocycles. The number of rotatable bonds is 8. The number of nitrogens with zero attached hydrogens (tertiary/aromatic N) is 1. The van der Waals surface area contributed by atoms with Gasteiger partial charge >= 0.3 is 18.0 Å². The lowest BCUT2D eigenvalue weighted by Gasteiger charge is -2.33. The molecule has 0 aliphatic rings. The van der Waals surface area contributed by atoms with Gasteiger partial charge in [0.05, 0.1) is 7.11 Å². The smallest absolute Gasteiger partial charge is 0.425 e. The Labute approximate surface area is 148 Å². The Balaban J connectivity index is 5.54. The lowest BCUT2D eigenvalue weighted by molar-refractivity contribution is -0.150. The second kappa shape index (κ2) is 9.73. The van der Waals surface area contributed by atoms with Crippen LogP contribution in [0.2, 0.25) is 0 Å². The second-order valence-electron chi connectivity index (χ2n) is 6.72. The number of hydrogen-bond acceptors (Lipinski definition) is 7. The van der Waals surface area contributed by atoms with Crippen molar-refractivity contribution in [2.75, 3.05) is 12.9 Å². The van der Waals surface area contributed by atoms with Crippen LogP contribution >= 0.6 is 12.6 Å². The predicted octanol–water partition coefficient (Wildman–Crippen LogP) is 1.70. The first-order valence-electron chi connectivity index (χ1n) is 7.62. The molecule has 0 saturated heterocycles. The molecule has 0 unspecified atom stereocenters. The van der Waals surface area contributed by atoms with Gasteiger partial charge in [-0.15, -0.1) is 0 Å². The van der Waals surface area contributed by atoms with E-state index in [4.69, 9.17) is 4.74 Å². The number of carboxylic acids is 1. The number of aliphatic carboxylic acids is 1. The van der Waals surface area contributed by atoms with E-state index in [9.17, 15) is 19.5 Å². The van der Waals surface area contributed by atoms with Crippen LogP contribution in [0.4, 0.5) is 4.79 Å². The molecule has 2 N–H and O–H groups in total. The van der Waals surface area contributed by atoms with Crippen molar-refractivity contribution in [2.24, 2.45) is 5.92 Å². The van der Waals surface area contributed by atoms with E-state index in [0.717, 1.165) is 5.01 Å². The third-order valence-electron chi connectivity index (χ3n) is 2.85. The zero-order valence-corrected chi connectivity index (χ0v) is 15.9. The molecule has 2 atom stereocenters. The minimum Gasteiger partial charge on any atom is -0.480 e. The Kier molecular flexibility index (Phi) is 9.13. The van der Waals surface area contributed by atoms with Crippen molar-refractivity contribution in [3.05, 3.63) is 0 Å². The largest absolute Gasteiger partial charge is 0.480 e. The first-order chi connectivity index (χ1) is 10.9. The van der Waals surface area contributed by atoms with Gasteiger partial charge in [-0.05, 0) is 33.1 Å². The number of carbonyl (C=O) groups excluding carboxylic acids is 2. The van der Waals surface area contributed by atoms with Gasteiger partial charge in [-0.25, -0.2) is 20.0 Å². The standard InChI is InChI=1S/C15H28N2O6S/c1-9(2)7-10(12(18)19)16-17(11(8-24)13(20)22-6)14(21)23-15(3,4)5/h9-11,16,24H,7-8H2,1-6H3,(H,18,19)/t10-,11-/m0/s1. The summed E-state index contributed by atoms with van der Waals surface area (Å²) in [6.07, 6.45) is -0.614. The molecule has 24 heavy (non-hydrogen) atoms. The highest BCUT2D eigenvalue weighted by atomic mass is 32.1. The molecule has 0 heterocycles. The van der Waals surface area contributed by atoms with Gasteiger partial charge in [0.15, 0.2) is 6.04 Å². The number of ether oxygens (including phenoxy) is 2. The van der Waals surface area contributed by atoms with E-state index in [1.165, 1.54) is 7.11 Å². The molecule has 0 aliphatic carbocycles. The number of hydrogen-bond donors (Lipinski definition) is 3. The second-order valence-corrected chi connectivity index (χ2v) is 7.09. The molecule has 9 heteroatoms. The highest BCUT2D eigenvalue weighted by Gasteiger charge is 2.36. The lowest BCUT2D eigenvalue weighted by atomic mass is 10.0. The van der Waals surface area contributed by atoms with E-state index in [0.29, 0.717) is 0 Å². The zero-order chi connectivity index (χ0) is 19.1. The summed E-state index contributed by atoms with van der Waals surface area (Å²) in [7, 11) is 1.18. The lowest BCUT2D eigenvalue weighted by Crippen LogP contribution is -2.59. The summed E-state index contributed by atoms with van der Waals surface area (Å²) in [5.41, 5.74) is 1.77. The van der Waals surface area contributed by atoms with Gasteiger partial charge in [-0.3, -0.25) is 4.79 Å². The third kappa shape index (κ3) is 7.87. The van der Waals surface area contributed by atoms with E-state index in [2.05, 4.69) is 22.8 Å². The maximum atomic E-state index is 12.4. The molecule has 0 aliphatic heterocycles. The van der Waals surface area contributed by atoms with Crippen molar-refractivity contribution in [3.63, 3.8) is 0 Å². The third-order valence-corrected chi connectivity index (χ3v) is 3.19. The molecule has 0 bridgehead atoms. The van der Waals surface area contributed by atoms with Crippen LogP contribution in [0.15, 0.2) is 0 Å². The Morgan fingerprint density at radius 3 is 2.12 bits per heavy atom. The van der Waals surface area contributed by atoms with Crippen LogP contribution < -0.4 is 5.43 Å². The topological polar surface area (TPSA) is 105 Å². The van der Waals surface area contributed by atoms with Gasteiger partial charge in [0.1, 0.15) is 11.6 Å². The molecule has 0 aromatic rings. The molecule has 0 saturated carbocycles. The van der Waals surface area contributed by atoms with Crippen molar-refractivity contribution in [2.45, 2.75) is 58.7 Å². The van der Waals surface area contributed by atoms with Crippen molar-refractivity contribution in [1.29, 1.82) is 0 Å². The van der Waals surface area contributed by atoms with Crippen molar-refractivity contribution >= 4 is 30.7 Å². The van der Waals surface area contributed by atoms with Crippen LogP contribution in [0.1, 0.15) is 41.0 Å². The van der Waals surface area contributed by atoms with Crippen LogP contribution in [-0.2, 0) is 19.1 Å². The minimum absolute atomic E-state index is 0.0617. The molecule has 0 spiro atoms. The van der Waals surface area contributed by atoms with Crippen LogP contribution in [0.3, 0.4) is 0 Å². The molecular formula is C15H28N2O6S. The van der Waals surface area contributed by atoms with E-state index >= 15 is 0 Å². The summed E-state index contributed by atoms with van der Waals surface area (Å²) < 4.78 is 9.92. The Bertz CT molecular complexity index is 450. The SMILES string of the molecule is COC(=O)[C@H](CS)N(N[C@@H](CC(C)C)C(=O)O)C(=O)OC(C)(C)C. The number of amides is 1.